The van der Waals surface area contributed by atoms with Crippen LogP contribution in [0.4, 0.5) is 0 Å². The van der Waals surface area contributed by atoms with E-state index in [4.69, 9.17) is 15.0 Å². The monoisotopic (exact) mass is 483 g/mol. The molecule has 0 fully saturated rings. The number of benzene rings is 6. The highest BCUT2D eigenvalue weighted by Crippen LogP contribution is 2.37. The van der Waals surface area contributed by atoms with Crippen LogP contribution in [0.15, 0.2) is 127 Å². The molecule has 0 aliphatic heterocycles. The van der Waals surface area contributed by atoms with Crippen molar-refractivity contribution >= 4 is 54.1 Å². The SMILES string of the molecule is c1ccc2nc(-c3nc(-c4ccc5c6ccccc6c6ccccc6c5c4)nc4ccccc34)ccc2c1. The van der Waals surface area contributed by atoms with Crippen molar-refractivity contribution in [2.75, 3.05) is 0 Å². The summed E-state index contributed by atoms with van der Waals surface area (Å²) in [6, 6.07) is 44.4. The van der Waals surface area contributed by atoms with Crippen molar-refractivity contribution in [2.45, 2.75) is 0 Å². The van der Waals surface area contributed by atoms with Gasteiger partial charge in [0.2, 0.25) is 0 Å². The zero-order valence-corrected chi connectivity index (χ0v) is 20.5. The maximum atomic E-state index is 5.12. The van der Waals surface area contributed by atoms with Gasteiger partial charge in [-0.05, 0) is 56.6 Å². The van der Waals surface area contributed by atoms with E-state index in [1.807, 2.05) is 30.3 Å². The van der Waals surface area contributed by atoms with Gasteiger partial charge in [-0.3, -0.25) is 0 Å². The number of rotatable bonds is 2. The van der Waals surface area contributed by atoms with Crippen LogP contribution >= 0.6 is 0 Å². The molecule has 0 saturated heterocycles. The van der Waals surface area contributed by atoms with Crippen LogP contribution in [0.2, 0.25) is 0 Å². The summed E-state index contributed by atoms with van der Waals surface area (Å²) < 4.78 is 0. The van der Waals surface area contributed by atoms with E-state index < -0.39 is 0 Å². The third kappa shape index (κ3) is 3.19. The molecule has 0 unspecified atom stereocenters. The number of para-hydroxylation sites is 2. The first-order chi connectivity index (χ1) is 18.8. The van der Waals surface area contributed by atoms with Gasteiger partial charge in [-0.15, -0.1) is 0 Å². The summed E-state index contributed by atoms with van der Waals surface area (Å²) in [6.07, 6.45) is 0. The molecule has 0 amide bonds. The second-order valence-corrected chi connectivity index (χ2v) is 9.65. The fourth-order valence-corrected chi connectivity index (χ4v) is 5.65. The summed E-state index contributed by atoms with van der Waals surface area (Å²) in [5.74, 6) is 0.702. The summed E-state index contributed by atoms with van der Waals surface area (Å²) in [7, 11) is 0. The Kier molecular flexibility index (Phi) is 4.52. The number of nitrogens with zero attached hydrogens (tertiary/aromatic N) is 3. The van der Waals surface area contributed by atoms with E-state index in [0.29, 0.717) is 5.82 Å². The van der Waals surface area contributed by atoms with Crippen LogP contribution in [0.1, 0.15) is 0 Å². The molecule has 8 aromatic rings. The predicted molar refractivity (Wildman–Crippen MR) is 158 cm³/mol. The summed E-state index contributed by atoms with van der Waals surface area (Å²) in [5.41, 5.74) is 4.55. The lowest BCUT2D eigenvalue weighted by atomic mass is 9.93. The Morgan fingerprint density at radius 3 is 1.68 bits per heavy atom. The van der Waals surface area contributed by atoms with E-state index in [1.165, 1.54) is 32.3 Å². The van der Waals surface area contributed by atoms with Crippen molar-refractivity contribution in [1.82, 2.24) is 15.0 Å². The van der Waals surface area contributed by atoms with Gasteiger partial charge < -0.3 is 0 Å². The molecule has 3 heteroatoms. The smallest absolute Gasteiger partial charge is 0.160 e. The molecule has 0 aliphatic rings. The largest absolute Gasteiger partial charge is 0.246 e. The van der Waals surface area contributed by atoms with Crippen LogP contribution in [0.25, 0.3) is 76.9 Å². The van der Waals surface area contributed by atoms with Crippen molar-refractivity contribution in [3.63, 3.8) is 0 Å². The molecule has 0 radical (unpaired) electrons. The van der Waals surface area contributed by atoms with Crippen LogP contribution in [0.5, 0.6) is 0 Å². The minimum atomic E-state index is 0.702. The number of fused-ring (bicyclic) bond motifs is 8. The fourth-order valence-electron chi connectivity index (χ4n) is 5.65. The van der Waals surface area contributed by atoms with E-state index in [-0.39, 0.29) is 0 Å². The zero-order chi connectivity index (χ0) is 25.1. The van der Waals surface area contributed by atoms with E-state index in [9.17, 15) is 0 Å². The highest BCUT2D eigenvalue weighted by molar-refractivity contribution is 6.25. The topological polar surface area (TPSA) is 38.7 Å². The van der Waals surface area contributed by atoms with Crippen molar-refractivity contribution in [3.8, 4) is 22.8 Å². The van der Waals surface area contributed by atoms with Crippen molar-refractivity contribution < 1.29 is 0 Å². The number of aromatic nitrogens is 3. The Morgan fingerprint density at radius 2 is 0.947 bits per heavy atom. The van der Waals surface area contributed by atoms with Crippen molar-refractivity contribution in [1.29, 1.82) is 0 Å². The minimum absolute atomic E-state index is 0.702. The second-order valence-electron chi connectivity index (χ2n) is 9.65. The Hall–Kier alpha value is -5.15. The molecule has 6 aromatic carbocycles. The average molecular weight is 484 g/mol. The molecule has 2 heterocycles. The quantitative estimate of drug-likeness (QED) is 0.230. The molecule has 0 aliphatic carbocycles. The lowest BCUT2D eigenvalue weighted by molar-refractivity contribution is 1.21. The molecular weight excluding hydrogens is 462 g/mol. The Morgan fingerprint density at radius 1 is 0.368 bits per heavy atom. The molecular formula is C35H21N3. The van der Waals surface area contributed by atoms with E-state index in [2.05, 4.69) is 97.1 Å². The highest BCUT2D eigenvalue weighted by atomic mass is 14.9. The van der Waals surface area contributed by atoms with Gasteiger partial charge >= 0.3 is 0 Å². The van der Waals surface area contributed by atoms with Gasteiger partial charge in [0.05, 0.1) is 16.7 Å². The predicted octanol–water partition coefficient (Wildman–Crippen LogP) is 8.97. The molecule has 0 N–H and O–H groups in total. The van der Waals surface area contributed by atoms with Crippen LogP contribution in [-0.2, 0) is 0 Å². The Labute approximate surface area is 219 Å². The van der Waals surface area contributed by atoms with Crippen LogP contribution in [0, 0.1) is 0 Å². The lowest BCUT2D eigenvalue weighted by Gasteiger charge is -2.13. The van der Waals surface area contributed by atoms with E-state index >= 15 is 0 Å². The summed E-state index contributed by atoms with van der Waals surface area (Å²) in [4.78, 5) is 15.1. The van der Waals surface area contributed by atoms with Crippen LogP contribution in [0.3, 0.4) is 0 Å². The van der Waals surface area contributed by atoms with Gasteiger partial charge in [0.1, 0.15) is 5.69 Å². The third-order valence-corrected chi connectivity index (χ3v) is 7.45. The molecule has 2 aromatic heterocycles. The third-order valence-electron chi connectivity index (χ3n) is 7.45. The minimum Gasteiger partial charge on any atom is -0.246 e. The van der Waals surface area contributed by atoms with Gasteiger partial charge in [-0.1, -0.05) is 103 Å². The second kappa shape index (κ2) is 8.19. The van der Waals surface area contributed by atoms with Gasteiger partial charge in [0, 0.05) is 16.3 Å². The van der Waals surface area contributed by atoms with Gasteiger partial charge in [-0.2, -0.15) is 0 Å². The number of hydrogen-bond donors (Lipinski definition) is 0. The standard InChI is InChI=1S/C35H21N3/c1-7-15-31-22(9-1)18-20-33(36-31)34-29-14-6-8-16-32(29)37-35(38-34)23-17-19-28-26-12-3-2-10-24(26)25-11-4-5-13-27(25)30(28)21-23/h1-21H. The first-order valence-corrected chi connectivity index (χ1v) is 12.8. The van der Waals surface area contributed by atoms with E-state index in [0.717, 1.165) is 38.8 Å². The summed E-state index contributed by atoms with van der Waals surface area (Å²) in [6.45, 7) is 0. The van der Waals surface area contributed by atoms with Gasteiger partial charge in [0.25, 0.3) is 0 Å². The fraction of sp³-hybridized carbons (Fsp3) is 0. The molecule has 3 nitrogen and oxygen atoms in total. The molecule has 0 bridgehead atoms. The molecule has 0 spiro atoms. The van der Waals surface area contributed by atoms with Gasteiger partial charge in [0.15, 0.2) is 5.82 Å². The summed E-state index contributed by atoms with van der Waals surface area (Å²) >= 11 is 0. The normalized spacial score (nSPS) is 11.7. The Balaban J connectivity index is 1.40. The number of hydrogen-bond acceptors (Lipinski definition) is 3. The molecule has 0 saturated carbocycles. The first-order valence-electron chi connectivity index (χ1n) is 12.8. The van der Waals surface area contributed by atoms with Gasteiger partial charge in [-0.25, -0.2) is 15.0 Å². The molecule has 0 atom stereocenters. The van der Waals surface area contributed by atoms with Crippen molar-refractivity contribution in [2.24, 2.45) is 0 Å². The average Bonchev–Trinajstić information content (AvgIpc) is 3.00. The van der Waals surface area contributed by atoms with Crippen LogP contribution in [-0.4, -0.2) is 15.0 Å². The van der Waals surface area contributed by atoms with E-state index in [1.54, 1.807) is 0 Å². The van der Waals surface area contributed by atoms with Crippen molar-refractivity contribution in [3.05, 3.63) is 127 Å². The Bertz CT molecular complexity index is 2160. The maximum Gasteiger partial charge on any atom is 0.160 e. The van der Waals surface area contributed by atoms with Crippen LogP contribution < -0.4 is 0 Å². The lowest BCUT2D eigenvalue weighted by Crippen LogP contribution is -1.97. The molecule has 8 rings (SSSR count). The zero-order valence-electron chi connectivity index (χ0n) is 20.5. The number of pyridine rings is 1. The highest BCUT2D eigenvalue weighted by Gasteiger charge is 2.15. The molecule has 38 heavy (non-hydrogen) atoms. The maximum absolute atomic E-state index is 5.12. The molecule has 176 valence electrons. The summed E-state index contributed by atoms with van der Waals surface area (Å²) in [5, 5.41) is 9.58. The first kappa shape index (κ1) is 21.0.